The zero-order valence-corrected chi connectivity index (χ0v) is 16.3. The summed E-state index contributed by atoms with van der Waals surface area (Å²) in [7, 11) is 0. The first-order valence-corrected chi connectivity index (χ1v) is 9.01. The molecule has 1 aliphatic rings. The number of nitrogens with one attached hydrogen (secondary N) is 1. The number of amides is 1. The van der Waals surface area contributed by atoms with E-state index in [9.17, 15) is 4.79 Å². The first kappa shape index (κ1) is 20.7. The van der Waals surface area contributed by atoms with Crippen molar-refractivity contribution in [2.45, 2.75) is 18.9 Å². The molecule has 1 fully saturated rings. The summed E-state index contributed by atoms with van der Waals surface area (Å²) < 4.78 is 0. The Morgan fingerprint density at radius 2 is 1.85 bits per heavy atom. The second-order valence-corrected chi connectivity index (χ2v) is 7.08. The molecule has 4 nitrogen and oxygen atoms in total. The Kier molecular flexibility index (Phi) is 7.47. The van der Waals surface area contributed by atoms with Crippen molar-refractivity contribution in [2.24, 2.45) is 11.7 Å². The standard InChI is InChI=1S/C20H24ClN3O.ClH/c1-14(20(25)23-18-9-7-17(21)8-10-18)24-12-16(11-22)19(13-24)15-5-3-2-4-6-15;/h2-10,14,16,19H,11-13,22H2,1H3,(H,23,25);1H/t14?,16-,19+;/m1./s1. The quantitative estimate of drug-likeness (QED) is 0.812. The molecular formula is C20H25Cl2N3O. The van der Waals surface area contributed by atoms with Crippen LogP contribution in [0.3, 0.4) is 0 Å². The highest BCUT2D eigenvalue weighted by atomic mass is 35.5. The Hall–Kier alpha value is -1.59. The van der Waals surface area contributed by atoms with Crippen molar-refractivity contribution >= 4 is 35.6 Å². The molecule has 140 valence electrons. The maximum atomic E-state index is 12.6. The monoisotopic (exact) mass is 393 g/mol. The summed E-state index contributed by atoms with van der Waals surface area (Å²) in [6.45, 7) is 4.26. The molecule has 0 radical (unpaired) electrons. The molecular weight excluding hydrogens is 369 g/mol. The van der Waals surface area contributed by atoms with E-state index in [-0.39, 0.29) is 24.4 Å². The fourth-order valence-electron chi connectivity index (χ4n) is 3.48. The molecule has 1 heterocycles. The Labute approximate surface area is 166 Å². The Morgan fingerprint density at radius 1 is 1.19 bits per heavy atom. The van der Waals surface area contributed by atoms with E-state index in [2.05, 4.69) is 34.5 Å². The normalized spacial score (nSPS) is 21.0. The van der Waals surface area contributed by atoms with Crippen LogP contribution in [0.25, 0.3) is 0 Å². The van der Waals surface area contributed by atoms with Gasteiger partial charge in [-0.25, -0.2) is 0 Å². The van der Waals surface area contributed by atoms with E-state index < -0.39 is 0 Å². The van der Waals surface area contributed by atoms with E-state index in [1.807, 2.05) is 25.1 Å². The second-order valence-electron chi connectivity index (χ2n) is 6.64. The smallest absolute Gasteiger partial charge is 0.241 e. The van der Waals surface area contributed by atoms with E-state index in [1.54, 1.807) is 12.1 Å². The summed E-state index contributed by atoms with van der Waals surface area (Å²) in [5.74, 6) is 0.733. The van der Waals surface area contributed by atoms with Crippen LogP contribution in [0, 0.1) is 5.92 Å². The second kappa shape index (κ2) is 9.38. The van der Waals surface area contributed by atoms with Crippen molar-refractivity contribution < 1.29 is 4.79 Å². The van der Waals surface area contributed by atoms with Crippen molar-refractivity contribution in [2.75, 3.05) is 25.0 Å². The minimum Gasteiger partial charge on any atom is -0.330 e. The molecule has 2 aromatic rings. The molecule has 26 heavy (non-hydrogen) atoms. The first-order valence-electron chi connectivity index (χ1n) is 8.64. The first-order chi connectivity index (χ1) is 12.1. The lowest BCUT2D eigenvalue weighted by Gasteiger charge is -2.23. The Bertz CT molecular complexity index is 709. The average Bonchev–Trinajstić information content (AvgIpc) is 3.08. The maximum Gasteiger partial charge on any atom is 0.241 e. The maximum absolute atomic E-state index is 12.6. The number of likely N-dealkylation sites (tertiary alicyclic amines) is 1. The molecule has 1 amide bonds. The number of carbonyl (C=O) groups excluding carboxylic acids is 1. The van der Waals surface area contributed by atoms with Crippen molar-refractivity contribution in [3.8, 4) is 0 Å². The summed E-state index contributed by atoms with van der Waals surface area (Å²) in [5, 5.41) is 3.62. The number of nitrogens with two attached hydrogens (primary N) is 1. The van der Waals surface area contributed by atoms with Crippen LogP contribution >= 0.6 is 24.0 Å². The summed E-state index contributed by atoms with van der Waals surface area (Å²) in [4.78, 5) is 14.8. The van der Waals surface area contributed by atoms with E-state index in [4.69, 9.17) is 17.3 Å². The zero-order chi connectivity index (χ0) is 17.8. The molecule has 3 rings (SSSR count). The van der Waals surface area contributed by atoms with Crippen LogP contribution in [-0.2, 0) is 4.79 Å². The van der Waals surface area contributed by atoms with Gasteiger partial charge in [0.2, 0.25) is 5.91 Å². The molecule has 0 saturated carbocycles. The van der Waals surface area contributed by atoms with Gasteiger partial charge < -0.3 is 11.1 Å². The third-order valence-electron chi connectivity index (χ3n) is 5.04. The van der Waals surface area contributed by atoms with Gasteiger partial charge >= 0.3 is 0 Å². The van der Waals surface area contributed by atoms with Gasteiger partial charge in [0.1, 0.15) is 0 Å². The van der Waals surface area contributed by atoms with E-state index >= 15 is 0 Å². The molecule has 2 aromatic carbocycles. The molecule has 3 N–H and O–H groups in total. The lowest BCUT2D eigenvalue weighted by Crippen LogP contribution is -2.41. The lowest BCUT2D eigenvalue weighted by atomic mass is 9.89. The van der Waals surface area contributed by atoms with Crippen LogP contribution in [0.4, 0.5) is 5.69 Å². The zero-order valence-electron chi connectivity index (χ0n) is 14.8. The van der Waals surface area contributed by atoms with Crippen molar-refractivity contribution in [3.63, 3.8) is 0 Å². The summed E-state index contributed by atoms with van der Waals surface area (Å²) in [6, 6.07) is 17.4. The van der Waals surface area contributed by atoms with Crippen molar-refractivity contribution in [1.82, 2.24) is 4.90 Å². The van der Waals surface area contributed by atoms with Gasteiger partial charge in [0.05, 0.1) is 6.04 Å². The van der Waals surface area contributed by atoms with Crippen molar-refractivity contribution in [3.05, 3.63) is 65.2 Å². The molecule has 0 bridgehead atoms. The topological polar surface area (TPSA) is 58.4 Å². The van der Waals surface area contributed by atoms with Crippen LogP contribution in [-0.4, -0.2) is 36.5 Å². The van der Waals surface area contributed by atoms with E-state index in [1.165, 1.54) is 5.56 Å². The minimum absolute atomic E-state index is 0. The fraction of sp³-hybridized carbons (Fsp3) is 0.350. The summed E-state index contributed by atoms with van der Waals surface area (Å²) in [6.07, 6.45) is 0. The number of carbonyl (C=O) groups is 1. The number of nitrogens with zero attached hydrogens (tertiary/aromatic N) is 1. The van der Waals surface area contributed by atoms with Gasteiger partial charge in [-0.3, -0.25) is 9.69 Å². The number of anilines is 1. The molecule has 0 aromatic heterocycles. The Morgan fingerprint density at radius 3 is 2.46 bits per heavy atom. The van der Waals surface area contributed by atoms with Gasteiger partial charge in [-0.1, -0.05) is 41.9 Å². The molecule has 6 heteroatoms. The highest BCUT2D eigenvalue weighted by molar-refractivity contribution is 6.30. The number of hydrogen-bond donors (Lipinski definition) is 2. The van der Waals surface area contributed by atoms with Gasteiger partial charge in [0, 0.05) is 29.7 Å². The molecule has 1 saturated heterocycles. The molecule has 0 aliphatic carbocycles. The third-order valence-corrected chi connectivity index (χ3v) is 5.29. The lowest BCUT2D eigenvalue weighted by molar-refractivity contribution is -0.120. The predicted molar refractivity (Wildman–Crippen MR) is 110 cm³/mol. The molecule has 3 atom stereocenters. The van der Waals surface area contributed by atoms with Crippen LogP contribution in [0.1, 0.15) is 18.4 Å². The van der Waals surface area contributed by atoms with Crippen LogP contribution in [0.2, 0.25) is 5.02 Å². The third kappa shape index (κ3) is 4.77. The Balaban J connectivity index is 0.00000243. The number of rotatable bonds is 5. The van der Waals surface area contributed by atoms with Gasteiger partial charge in [-0.05, 0) is 49.2 Å². The van der Waals surface area contributed by atoms with Crippen LogP contribution in [0.15, 0.2) is 54.6 Å². The van der Waals surface area contributed by atoms with Gasteiger partial charge in [-0.15, -0.1) is 12.4 Å². The van der Waals surface area contributed by atoms with Gasteiger partial charge in [-0.2, -0.15) is 0 Å². The van der Waals surface area contributed by atoms with Crippen LogP contribution in [0.5, 0.6) is 0 Å². The van der Waals surface area contributed by atoms with E-state index in [0.29, 0.717) is 23.4 Å². The SMILES string of the molecule is CC(C(=O)Nc1ccc(Cl)cc1)N1C[C@@H](CN)[C@H](c2ccccc2)C1.Cl. The number of benzene rings is 2. The van der Waals surface area contributed by atoms with Crippen LogP contribution < -0.4 is 11.1 Å². The van der Waals surface area contributed by atoms with Gasteiger partial charge in [0.15, 0.2) is 0 Å². The molecule has 0 spiro atoms. The minimum atomic E-state index is -0.210. The highest BCUT2D eigenvalue weighted by Crippen LogP contribution is 2.33. The average molecular weight is 394 g/mol. The fourth-order valence-corrected chi connectivity index (χ4v) is 3.61. The molecule has 1 aliphatic heterocycles. The number of hydrogen-bond acceptors (Lipinski definition) is 3. The van der Waals surface area contributed by atoms with Gasteiger partial charge in [0.25, 0.3) is 0 Å². The summed E-state index contributed by atoms with van der Waals surface area (Å²) >= 11 is 5.89. The number of halogens is 2. The summed E-state index contributed by atoms with van der Waals surface area (Å²) in [5.41, 5.74) is 8.05. The highest BCUT2D eigenvalue weighted by Gasteiger charge is 2.36. The largest absolute Gasteiger partial charge is 0.330 e. The van der Waals surface area contributed by atoms with E-state index in [0.717, 1.165) is 18.8 Å². The molecule has 1 unspecified atom stereocenters. The predicted octanol–water partition coefficient (Wildman–Crippen LogP) is 3.76. The van der Waals surface area contributed by atoms with Crippen molar-refractivity contribution in [1.29, 1.82) is 0 Å².